The summed E-state index contributed by atoms with van der Waals surface area (Å²) in [5.41, 5.74) is 2.83. The smallest absolute Gasteiger partial charge is 0.261 e. The summed E-state index contributed by atoms with van der Waals surface area (Å²) >= 11 is 0. The fourth-order valence-electron chi connectivity index (χ4n) is 2.56. The Kier molecular flexibility index (Phi) is 5.56. The maximum absolute atomic E-state index is 12.2. The van der Waals surface area contributed by atoms with E-state index in [4.69, 9.17) is 4.74 Å². The first-order valence-electron chi connectivity index (χ1n) is 8.92. The van der Waals surface area contributed by atoms with E-state index in [0.29, 0.717) is 12.3 Å². The number of nitrogens with one attached hydrogen (secondary N) is 2. The van der Waals surface area contributed by atoms with E-state index in [-0.39, 0.29) is 17.7 Å². The van der Waals surface area contributed by atoms with Crippen LogP contribution in [0.1, 0.15) is 30.9 Å². The molecule has 2 aromatic rings. The Morgan fingerprint density at radius 1 is 1.15 bits per heavy atom. The summed E-state index contributed by atoms with van der Waals surface area (Å²) in [6, 6.07) is 15.1. The molecule has 136 valence electrons. The minimum Gasteiger partial charge on any atom is -0.481 e. The number of rotatable bonds is 7. The van der Waals surface area contributed by atoms with Gasteiger partial charge in [0.1, 0.15) is 5.75 Å². The molecule has 1 aliphatic carbocycles. The largest absolute Gasteiger partial charge is 0.481 e. The van der Waals surface area contributed by atoms with Crippen LogP contribution in [0.5, 0.6) is 5.75 Å². The molecule has 0 unspecified atom stereocenters. The molecular weight excluding hydrogens is 328 g/mol. The summed E-state index contributed by atoms with van der Waals surface area (Å²) in [5.74, 6) is 0.727. The molecule has 1 saturated carbocycles. The van der Waals surface area contributed by atoms with Crippen molar-refractivity contribution in [1.82, 2.24) is 5.32 Å². The van der Waals surface area contributed by atoms with Gasteiger partial charge in [-0.3, -0.25) is 9.59 Å². The Morgan fingerprint density at radius 2 is 1.88 bits per heavy atom. The van der Waals surface area contributed by atoms with E-state index in [1.54, 1.807) is 6.92 Å². The van der Waals surface area contributed by atoms with Crippen molar-refractivity contribution >= 4 is 17.5 Å². The summed E-state index contributed by atoms with van der Waals surface area (Å²) in [6.45, 7) is 4.11. The number of carbonyl (C=O) groups excluding carboxylic acids is 2. The second kappa shape index (κ2) is 8.04. The van der Waals surface area contributed by atoms with Crippen molar-refractivity contribution in [2.75, 3.05) is 5.32 Å². The molecule has 0 heterocycles. The first kappa shape index (κ1) is 18.0. The number of hydrogen-bond donors (Lipinski definition) is 2. The SMILES string of the molecule is Cc1ccc(O[C@H](C)C(=O)NCc2cccc(NC(=O)C3CC3)c2)cc1. The lowest BCUT2D eigenvalue weighted by Crippen LogP contribution is -2.35. The predicted octanol–water partition coefficient (Wildman–Crippen LogP) is 3.43. The molecule has 5 nitrogen and oxygen atoms in total. The molecule has 3 rings (SSSR count). The second-order valence-electron chi connectivity index (χ2n) is 6.75. The van der Waals surface area contributed by atoms with Crippen LogP contribution >= 0.6 is 0 Å². The summed E-state index contributed by atoms with van der Waals surface area (Å²) in [7, 11) is 0. The van der Waals surface area contributed by atoms with Crippen LogP contribution in [0.25, 0.3) is 0 Å². The Hall–Kier alpha value is -2.82. The maximum Gasteiger partial charge on any atom is 0.261 e. The molecule has 0 spiro atoms. The molecule has 0 aliphatic heterocycles. The van der Waals surface area contributed by atoms with Gasteiger partial charge < -0.3 is 15.4 Å². The quantitative estimate of drug-likeness (QED) is 0.802. The molecule has 2 amide bonds. The normalized spacial score (nSPS) is 14.4. The highest BCUT2D eigenvalue weighted by Crippen LogP contribution is 2.30. The molecule has 0 saturated heterocycles. The Balaban J connectivity index is 1.50. The highest BCUT2D eigenvalue weighted by Gasteiger charge is 2.29. The maximum atomic E-state index is 12.2. The van der Waals surface area contributed by atoms with Crippen molar-refractivity contribution in [3.63, 3.8) is 0 Å². The van der Waals surface area contributed by atoms with Gasteiger partial charge >= 0.3 is 0 Å². The molecule has 1 fully saturated rings. The van der Waals surface area contributed by atoms with Gasteiger partial charge in [-0.15, -0.1) is 0 Å². The first-order chi connectivity index (χ1) is 12.5. The van der Waals surface area contributed by atoms with Crippen molar-refractivity contribution in [3.8, 4) is 5.75 Å². The number of carbonyl (C=O) groups is 2. The minimum absolute atomic E-state index is 0.0753. The van der Waals surface area contributed by atoms with Gasteiger partial charge in [0.25, 0.3) is 5.91 Å². The number of amides is 2. The third kappa shape index (κ3) is 5.09. The van der Waals surface area contributed by atoms with Gasteiger partial charge in [-0.25, -0.2) is 0 Å². The standard InChI is InChI=1S/C21H24N2O3/c1-14-6-10-19(11-7-14)26-15(2)20(24)22-13-16-4-3-5-18(12-16)23-21(25)17-8-9-17/h3-7,10-12,15,17H,8-9,13H2,1-2H3,(H,22,24)(H,23,25)/t15-/m1/s1. The summed E-state index contributed by atoms with van der Waals surface area (Å²) in [6.07, 6.45) is 1.36. The van der Waals surface area contributed by atoms with E-state index in [1.807, 2.05) is 55.5 Å². The zero-order valence-electron chi connectivity index (χ0n) is 15.1. The van der Waals surface area contributed by atoms with Gasteiger partial charge in [-0.1, -0.05) is 29.8 Å². The van der Waals surface area contributed by atoms with Crippen molar-refractivity contribution in [2.45, 2.75) is 39.3 Å². The van der Waals surface area contributed by atoms with Gasteiger partial charge in [0, 0.05) is 18.2 Å². The zero-order valence-corrected chi connectivity index (χ0v) is 15.1. The van der Waals surface area contributed by atoms with Gasteiger partial charge in [0.15, 0.2) is 6.10 Å². The highest BCUT2D eigenvalue weighted by molar-refractivity contribution is 5.94. The molecule has 5 heteroatoms. The molecule has 26 heavy (non-hydrogen) atoms. The number of aryl methyl sites for hydroxylation is 1. The van der Waals surface area contributed by atoms with E-state index in [0.717, 1.165) is 29.7 Å². The van der Waals surface area contributed by atoms with E-state index >= 15 is 0 Å². The van der Waals surface area contributed by atoms with Crippen LogP contribution < -0.4 is 15.4 Å². The lowest BCUT2D eigenvalue weighted by atomic mass is 10.2. The van der Waals surface area contributed by atoms with Crippen LogP contribution in [0.3, 0.4) is 0 Å². The topological polar surface area (TPSA) is 67.4 Å². The average Bonchev–Trinajstić information content (AvgIpc) is 3.47. The third-order valence-electron chi connectivity index (χ3n) is 4.31. The molecule has 2 aromatic carbocycles. The Bertz CT molecular complexity index is 782. The van der Waals surface area contributed by atoms with Crippen LogP contribution in [0, 0.1) is 12.8 Å². The molecule has 2 N–H and O–H groups in total. The fourth-order valence-corrected chi connectivity index (χ4v) is 2.56. The van der Waals surface area contributed by atoms with Gasteiger partial charge in [0.05, 0.1) is 0 Å². The molecule has 0 radical (unpaired) electrons. The number of anilines is 1. The number of benzene rings is 2. The first-order valence-corrected chi connectivity index (χ1v) is 8.92. The molecule has 1 aliphatic rings. The Morgan fingerprint density at radius 3 is 2.58 bits per heavy atom. The van der Waals surface area contributed by atoms with Crippen LogP contribution in [-0.4, -0.2) is 17.9 Å². The second-order valence-corrected chi connectivity index (χ2v) is 6.75. The van der Waals surface area contributed by atoms with Gasteiger partial charge in [-0.2, -0.15) is 0 Å². The molecule has 0 bridgehead atoms. The molecular formula is C21H24N2O3. The van der Waals surface area contributed by atoms with E-state index < -0.39 is 6.10 Å². The lowest BCUT2D eigenvalue weighted by Gasteiger charge is -2.15. The van der Waals surface area contributed by atoms with Crippen LogP contribution in [-0.2, 0) is 16.1 Å². The number of hydrogen-bond acceptors (Lipinski definition) is 3. The van der Waals surface area contributed by atoms with E-state index in [1.165, 1.54) is 0 Å². The minimum atomic E-state index is -0.588. The van der Waals surface area contributed by atoms with Gasteiger partial charge in [-0.05, 0) is 56.5 Å². The van der Waals surface area contributed by atoms with Crippen LogP contribution in [0.2, 0.25) is 0 Å². The third-order valence-corrected chi connectivity index (χ3v) is 4.31. The lowest BCUT2D eigenvalue weighted by molar-refractivity contribution is -0.127. The fraction of sp³-hybridized carbons (Fsp3) is 0.333. The monoisotopic (exact) mass is 352 g/mol. The number of ether oxygens (including phenoxy) is 1. The predicted molar refractivity (Wildman–Crippen MR) is 101 cm³/mol. The van der Waals surface area contributed by atoms with Crippen LogP contribution in [0.15, 0.2) is 48.5 Å². The van der Waals surface area contributed by atoms with Crippen molar-refractivity contribution in [2.24, 2.45) is 5.92 Å². The van der Waals surface area contributed by atoms with Gasteiger partial charge in [0.2, 0.25) is 5.91 Å². The van der Waals surface area contributed by atoms with Crippen molar-refractivity contribution < 1.29 is 14.3 Å². The molecule has 1 atom stereocenters. The van der Waals surface area contributed by atoms with E-state index in [2.05, 4.69) is 10.6 Å². The van der Waals surface area contributed by atoms with Crippen molar-refractivity contribution in [1.29, 1.82) is 0 Å². The summed E-state index contributed by atoms with van der Waals surface area (Å²) < 4.78 is 5.66. The summed E-state index contributed by atoms with van der Waals surface area (Å²) in [5, 5.41) is 5.78. The zero-order chi connectivity index (χ0) is 18.5. The average molecular weight is 352 g/mol. The van der Waals surface area contributed by atoms with Crippen molar-refractivity contribution in [3.05, 3.63) is 59.7 Å². The summed E-state index contributed by atoms with van der Waals surface area (Å²) in [4.78, 5) is 24.1. The Labute approximate surface area is 153 Å². The highest BCUT2D eigenvalue weighted by atomic mass is 16.5. The van der Waals surface area contributed by atoms with E-state index in [9.17, 15) is 9.59 Å². The molecule has 0 aromatic heterocycles. The van der Waals surface area contributed by atoms with Crippen LogP contribution in [0.4, 0.5) is 5.69 Å².